The van der Waals surface area contributed by atoms with Gasteiger partial charge in [-0.3, -0.25) is 0 Å². The number of nitrogens with two attached hydrogens (primary N) is 1. The van der Waals surface area contributed by atoms with Crippen molar-refractivity contribution >= 4 is 34.4 Å². The van der Waals surface area contributed by atoms with Crippen molar-refractivity contribution in [2.75, 3.05) is 17.6 Å². The number of nitrogen functional groups attached to an aromatic ring is 1. The molecule has 3 N–H and O–H groups in total. The molecule has 6 heteroatoms. The van der Waals surface area contributed by atoms with E-state index in [1.54, 1.807) is 29.8 Å². The average molecular weight is 255 g/mol. The first-order chi connectivity index (χ1) is 7.75. The normalized spacial score (nSPS) is 10.3. The van der Waals surface area contributed by atoms with Crippen LogP contribution in [0.25, 0.3) is 0 Å². The highest BCUT2D eigenvalue weighted by Crippen LogP contribution is 2.20. The molecule has 16 heavy (non-hydrogen) atoms. The maximum absolute atomic E-state index is 5.97. The van der Waals surface area contributed by atoms with E-state index in [0.717, 1.165) is 18.0 Å². The van der Waals surface area contributed by atoms with Crippen LogP contribution in [0.3, 0.4) is 0 Å². The zero-order chi connectivity index (χ0) is 11.4. The second-order valence-corrected chi connectivity index (χ2v) is 4.59. The summed E-state index contributed by atoms with van der Waals surface area (Å²) in [5.74, 6) is 0.660. The molecule has 0 saturated carbocycles. The average Bonchev–Trinajstić information content (AvgIpc) is 2.74. The van der Waals surface area contributed by atoms with Gasteiger partial charge in [0.15, 0.2) is 0 Å². The number of thiazole rings is 1. The molecule has 0 atom stereocenters. The van der Waals surface area contributed by atoms with Crippen LogP contribution in [-0.4, -0.2) is 16.5 Å². The fourth-order valence-corrected chi connectivity index (χ4v) is 2.11. The molecule has 0 bridgehead atoms. The maximum atomic E-state index is 5.97. The van der Waals surface area contributed by atoms with Gasteiger partial charge >= 0.3 is 0 Å². The molecule has 0 aliphatic rings. The Morgan fingerprint density at radius 1 is 1.44 bits per heavy atom. The number of halogens is 1. The summed E-state index contributed by atoms with van der Waals surface area (Å²) in [7, 11) is 0. The van der Waals surface area contributed by atoms with E-state index in [0.29, 0.717) is 16.5 Å². The summed E-state index contributed by atoms with van der Waals surface area (Å²) in [6, 6.07) is 1.68. The van der Waals surface area contributed by atoms with Gasteiger partial charge in [0.1, 0.15) is 5.82 Å². The highest BCUT2D eigenvalue weighted by atomic mass is 35.5. The Labute approximate surface area is 102 Å². The maximum Gasteiger partial charge on any atom is 0.144 e. The topological polar surface area (TPSA) is 63.8 Å². The number of hydrogen-bond donors (Lipinski definition) is 2. The number of nitrogens with one attached hydrogen (secondary N) is 1. The van der Waals surface area contributed by atoms with Crippen molar-refractivity contribution in [3.63, 3.8) is 0 Å². The first-order valence-electron chi connectivity index (χ1n) is 4.79. The van der Waals surface area contributed by atoms with Gasteiger partial charge in [0.2, 0.25) is 0 Å². The zero-order valence-electron chi connectivity index (χ0n) is 8.48. The fraction of sp³-hybridized carbons (Fsp3) is 0.200. The smallest absolute Gasteiger partial charge is 0.144 e. The van der Waals surface area contributed by atoms with Gasteiger partial charge in [0, 0.05) is 24.5 Å². The van der Waals surface area contributed by atoms with Crippen LogP contribution < -0.4 is 11.1 Å². The molecular formula is C10H11ClN4S. The predicted molar refractivity (Wildman–Crippen MR) is 68.0 cm³/mol. The highest BCUT2D eigenvalue weighted by Gasteiger charge is 2.02. The molecule has 4 nitrogen and oxygen atoms in total. The van der Waals surface area contributed by atoms with Crippen molar-refractivity contribution in [1.82, 2.24) is 9.97 Å². The van der Waals surface area contributed by atoms with Gasteiger partial charge in [-0.05, 0) is 6.07 Å². The predicted octanol–water partition coefficient (Wildman–Crippen LogP) is 2.43. The molecule has 0 amide bonds. The molecule has 2 aromatic heterocycles. The first kappa shape index (κ1) is 11.2. The number of anilines is 2. The lowest BCUT2D eigenvalue weighted by molar-refractivity contribution is 0.988. The van der Waals surface area contributed by atoms with Crippen LogP contribution >= 0.6 is 22.9 Å². The van der Waals surface area contributed by atoms with Crippen molar-refractivity contribution in [3.05, 3.63) is 33.9 Å². The van der Waals surface area contributed by atoms with Crippen LogP contribution in [0.2, 0.25) is 5.02 Å². The molecule has 84 valence electrons. The third kappa shape index (κ3) is 2.84. The van der Waals surface area contributed by atoms with Crippen molar-refractivity contribution in [2.24, 2.45) is 0 Å². The Bertz CT molecular complexity index is 458. The molecule has 2 heterocycles. The van der Waals surface area contributed by atoms with Crippen LogP contribution in [0.4, 0.5) is 11.5 Å². The van der Waals surface area contributed by atoms with Crippen LogP contribution in [0.5, 0.6) is 0 Å². The summed E-state index contributed by atoms with van der Waals surface area (Å²) < 4.78 is 0. The Balaban J connectivity index is 1.90. The van der Waals surface area contributed by atoms with Gasteiger partial charge in [-0.15, -0.1) is 11.3 Å². The summed E-state index contributed by atoms with van der Waals surface area (Å²) in [5.41, 5.74) is 6.12. The molecule has 0 aliphatic heterocycles. The van der Waals surface area contributed by atoms with E-state index in [1.165, 1.54) is 0 Å². The Morgan fingerprint density at radius 3 is 3.00 bits per heavy atom. The summed E-state index contributed by atoms with van der Waals surface area (Å²) in [6.45, 7) is 0.754. The van der Waals surface area contributed by atoms with Gasteiger partial charge in [-0.1, -0.05) is 11.6 Å². The van der Waals surface area contributed by atoms with Gasteiger partial charge in [0.05, 0.1) is 21.9 Å². The van der Waals surface area contributed by atoms with E-state index in [1.807, 2.05) is 5.38 Å². The lowest BCUT2D eigenvalue weighted by Crippen LogP contribution is -2.06. The van der Waals surface area contributed by atoms with Crippen molar-refractivity contribution in [2.45, 2.75) is 6.42 Å². The van der Waals surface area contributed by atoms with E-state index in [-0.39, 0.29) is 0 Å². The molecular weight excluding hydrogens is 244 g/mol. The van der Waals surface area contributed by atoms with Crippen molar-refractivity contribution in [1.29, 1.82) is 0 Å². The van der Waals surface area contributed by atoms with Crippen molar-refractivity contribution in [3.8, 4) is 0 Å². The van der Waals surface area contributed by atoms with E-state index in [4.69, 9.17) is 17.3 Å². The molecule has 0 aliphatic carbocycles. The van der Waals surface area contributed by atoms with E-state index in [9.17, 15) is 0 Å². The van der Waals surface area contributed by atoms with Crippen molar-refractivity contribution < 1.29 is 0 Å². The van der Waals surface area contributed by atoms with Gasteiger partial charge < -0.3 is 11.1 Å². The largest absolute Gasteiger partial charge is 0.397 e. The number of rotatable bonds is 4. The molecule has 0 fully saturated rings. The molecule has 2 aromatic rings. The third-order valence-corrected chi connectivity index (χ3v) is 3.10. The van der Waals surface area contributed by atoms with Crippen LogP contribution in [-0.2, 0) is 6.42 Å². The minimum atomic E-state index is 0.541. The highest BCUT2D eigenvalue weighted by molar-refractivity contribution is 7.09. The van der Waals surface area contributed by atoms with Gasteiger partial charge in [-0.2, -0.15) is 0 Å². The second-order valence-electron chi connectivity index (χ2n) is 3.20. The number of aromatic nitrogens is 2. The number of nitrogens with zero attached hydrogens (tertiary/aromatic N) is 2. The van der Waals surface area contributed by atoms with Crippen LogP contribution in [0, 0.1) is 0 Å². The molecule has 0 spiro atoms. The number of pyridine rings is 1. The minimum Gasteiger partial charge on any atom is -0.397 e. The lowest BCUT2D eigenvalue weighted by Gasteiger charge is -2.06. The van der Waals surface area contributed by atoms with E-state index < -0.39 is 0 Å². The second kappa shape index (κ2) is 5.14. The summed E-state index contributed by atoms with van der Waals surface area (Å²) in [6.07, 6.45) is 4.24. The fourth-order valence-electron chi connectivity index (χ4n) is 1.25. The SMILES string of the molecule is Nc1cnc(NCCc2nccs2)c(Cl)c1. The summed E-state index contributed by atoms with van der Waals surface area (Å²) >= 11 is 7.61. The minimum absolute atomic E-state index is 0.541. The van der Waals surface area contributed by atoms with Crippen LogP contribution in [0.1, 0.15) is 5.01 Å². The molecule has 0 unspecified atom stereocenters. The monoisotopic (exact) mass is 254 g/mol. The van der Waals surface area contributed by atoms with Gasteiger partial charge in [0.25, 0.3) is 0 Å². The third-order valence-electron chi connectivity index (χ3n) is 1.98. The summed E-state index contributed by atoms with van der Waals surface area (Å²) in [4.78, 5) is 8.30. The number of hydrogen-bond acceptors (Lipinski definition) is 5. The molecule has 0 saturated heterocycles. The quantitative estimate of drug-likeness (QED) is 0.880. The lowest BCUT2D eigenvalue weighted by atomic mass is 10.4. The molecule has 0 aromatic carbocycles. The standard InChI is InChI=1S/C10H11ClN4S/c11-8-5-7(12)6-15-10(8)14-2-1-9-13-3-4-16-9/h3-6H,1-2,12H2,(H,14,15). The summed E-state index contributed by atoms with van der Waals surface area (Å²) in [5, 5.41) is 6.75. The Hall–Kier alpha value is -1.33. The van der Waals surface area contributed by atoms with E-state index in [2.05, 4.69) is 15.3 Å². The molecule has 0 radical (unpaired) electrons. The van der Waals surface area contributed by atoms with E-state index >= 15 is 0 Å². The Morgan fingerprint density at radius 2 is 2.31 bits per heavy atom. The van der Waals surface area contributed by atoms with Gasteiger partial charge in [-0.25, -0.2) is 9.97 Å². The zero-order valence-corrected chi connectivity index (χ0v) is 10.1. The Kier molecular flexibility index (Phi) is 3.58. The molecule has 2 rings (SSSR count). The van der Waals surface area contributed by atoms with Crippen LogP contribution in [0.15, 0.2) is 23.8 Å². The first-order valence-corrected chi connectivity index (χ1v) is 6.05.